The molecule has 2 aliphatic rings. The van der Waals surface area contributed by atoms with Gasteiger partial charge in [0.1, 0.15) is 17.8 Å². The summed E-state index contributed by atoms with van der Waals surface area (Å²) in [6, 6.07) is 0. The predicted molar refractivity (Wildman–Crippen MR) is 179 cm³/mol. The van der Waals surface area contributed by atoms with Crippen LogP contribution in [-0.4, -0.2) is 99.1 Å². The molecule has 0 aliphatic carbocycles. The molecule has 47 heavy (non-hydrogen) atoms. The minimum Gasteiger partial charge on any atom is -0.478 e. The van der Waals surface area contributed by atoms with Crippen LogP contribution in [0, 0.1) is 11.8 Å². The summed E-state index contributed by atoms with van der Waals surface area (Å²) in [5.74, 6) is -4.52. The fourth-order valence-corrected chi connectivity index (χ4v) is 5.85. The lowest BCUT2D eigenvalue weighted by Crippen LogP contribution is -2.64. The number of aliphatic hydroxyl groups excluding tert-OH is 2. The van der Waals surface area contributed by atoms with E-state index in [0.717, 1.165) is 11.6 Å². The second kappa shape index (κ2) is 19.0. The first kappa shape index (κ1) is 40.0. The topological polar surface area (TPSA) is 175 Å². The summed E-state index contributed by atoms with van der Waals surface area (Å²) in [6.07, 6.45) is 17.5. The molecule has 10 atom stereocenters. The zero-order valence-corrected chi connectivity index (χ0v) is 28.2. The molecule has 0 aromatic heterocycles. The van der Waals surface area contributed by atoms with Crippen LogP contribution >= 0.6 is 0 Å². The second-order valence-electron chi connectivity index (χ2n) is 12.2. The van der Waals surface area contributed by atoms with Gasteiger partial charge in [0.25, 0.3) is 0 Å². The van der Waals surface area contributed by atoms with Gasteiger partial charge in [-0.15, -0.1) is 0 Å². The van der Waals surface area contributed by atoms with Crippen molar-refractivity contribution in [3.05, 3.63) is 84.6 Å². The van der Waals surface area contributed by atoms with E-state index in [2.05, 4.69) is 5.32 Å². The zero-order valence-electron chi connectivity index (χ0n) is 28.2. The summed E-state index contributed by atoms with van der Waals surface area (Å²) >= 11 is 0. The van der Waals surface area contributed by atoms with Gasteiger partial charge in [0, 0.05) is 38.5 Å². The molecule has 11 nitrogen and oxygen atoms in total. The maximum absolute atomic E-state index is 13.1. The van der Waals surface area contributed by atoms with Crippen molar-refractivity contribution in [3.63, 3.8) is 0 Å². The van der Waals surface area contributed by atoms with Gasteiger partial charge in [-0.3, -0.25) is 4.79 Å². The Balaban J connectivity index is 1.97. The molecule has 262 valence electrons. The Bertz CT molecular complexity index is 1230. The third-order valence-electron chi connectivity index (χ3n) is 8.64. The van der Waals surface area contributed by atoms with Gasteiger partial charge in [-0.25, -0.2) is 4.79 Å². The molecular formula is C36H53NO10. The highest BCUT2D eigenvalue weighted by molar-refractivity contribution is 5.80. The first-order chi connectivity index (χ1) is 22.2. The van der Waals surface area contributed by atoms with Gasteiger partial charge >= 0.3 is 5.97 Å². The molecule has 2 heterocycles. The monoisotopic (exact) mass is 659 g/mol. The van der Waals surface area contributed by atoms with Crippen LogP contribution in [0.1, 0.15) is 53.9 Å². The largest absolute Gasteiger partial charge is 0.478 e. The van der Waals surface area contributed by atoms with Crippen LogP contribution < -0.4 is 5.32 Å². The molecule has 1 amide bonds. The number of carbonyl (C=O) groups excluding carboxylic acids is 1. The lowest BCUT2D eigenvalue weighted by molar-refractivity contribution is -0.329. The number of amides is 1. The number of hydrogen-bond donors (Lipinski definition) is 6. The summed E-state index contributed by atoms with van der Waals surface area (Å²) in [7, 11) is 1.61. The molecule has 0 bridgehead atoms. The SMILES string of the molecule is C/C=C\C=C\[C@@H]1O[C@](O)([C@H](CC)C(=O)NC/C=C/C=C(\C)[C@@H](OC)[C@@H](C)[C@H]2C[C@H](O)[C@H](/C=C/C=C/C=C/C(=O)O)O2)C[C@H](O)C1(C)O. The van der Waals surface area contributed by atoms with Crippen LogP contribution in [0.5, 0.6) is 0 Å². The van der Waals surface area contributed by atoms with Crippen molar-refractivity contribution < 1.29 is 49.3 Å². The van der Waals surface area contributed by atoms with Crippen molar-refractivity contribution >= 4 is 11.9 Å². The van der Waals surface area contributed by atoms with Gasteiger partial charge in [-0.2, -0.15) is 0 Å². The van der Waals surface area contributed by atoms with Gasteiger partial charge in [0.15, 0.2) is 5.79 Å². The van der Waals surface area contributed by atoms with Crippen molar-refractivity contribution in [2.75, 3.05) is 13.7 Å². The Hall–Kier alpha value is -3.16. The summed E-state index contributed by atoms with van der Waals surface area (Å²) < 4.78 is 17.7. The highest BCUT2D eigenvalue weighted by Gasteiger charge is 2.55. The van der Waals surface area contributed by atoms with Crippen LogP contribution in [0.3, 0.4) is 0 Å². The highest BCUT2D eigenvalue weighted by Crippen LogP contribution is 2.40. The molecule has 2 aliphatic heterocycles. The Morgan fingerprint density at radius 1 is 1.06 bits per heavy atom. The fourth-order valence-electron chi connectivity index (χ4n) is 5.85. The summed E-state index contributed by atoms with van der Waals surface area (Å²) in [6.45, 7) is 9.11. The fraction of sp³-hybridized carbons (Fsp3) is 0.556. The maximum atomic E-state index is 13.1. The van der Waals surface area contributed by atoms with E-state index in [-0.39, 0.29) is 37.5 Å². The number of aliphatic hydroxyl groups is 4. The van der Waals surface area contributed by atoms with Crippen LogP contribution in [-0.2, 0) is 23.8 Å². The van der Waals surface area contributed by atoms with Crippen molar-refractivity contribution in [3.8, 4) is 0 Å². The number of nitrogens with one attached hydrogen (secondary N) is 1. The van der Waals surface area contributed by atoms with Gasteiger partial charge in [-0.1, -0.05) is 86.8 Å². The first-order valence-electron chi connectivity index (χ1n) is 16.0. The molecule has 0 spiro atoms. The minimum atomic E-state index is -1.98. The molecule has 0 radical (unpaired) electrons. The number of hydrogen-bond acceptors (Lipinski definition) is 9. The van der Waals surface area contributed by atoms with Crippen molar-refractivity contribution in [2.45, 2.75) is 102 Å². The minimum absolute atomic E-state index is 0.0826. The van der Waals surface area contributed by atoms with Gasteiger partial charge in [0.2, 0.25) is 5.91 Å². The summed E-state index contributed by atoms with van der Waals surface area (Å²) in [5.41, 5.74) is -0.727. The molecule has 2 rings (SSSR count). The van der Waals surface area contributed by atoms with Crippen molar-refractivity contribution in [1.82, 2.24) is 5.32 Å². The summed E-state index contributed by atoms with van der Waals surface area (Å²) in [5, 5.41) is 54.8. The normalized spacial score (nSPS) is 32.8. The van der Waals surface area contributed by atoms with E-state index in [9.17, 15) is 30.0 Å². The Morgan fingerprint density at radius 2 is 1.74 bits per heavy atom. The molecular weight excluding hydrogens is 606 g/mol. The standard InChI is InChI=1S/C36H53NO10/c1-7-9-12-19-31-35(5,43)30(39)23-36(44,47-31)26(8-2)34(42)37-21-16-15-17-24(3)33(45-6)25(4)29-22-27(38)28(46-29)18-13-10-11-14-20-32(40)41/h7,9-20,25-31,33,38-39,43-44H,8,21-23H2,1-6H3,(H,37,42)(H,40,41)/b9-7-,11-10+,16-15+,18-13+,19-12+,20-14+,24-17+/t25-,26+,27-,28-,29+,30-,31-,33+,35?,36-/m0/s1. The van der Waals surface area contributed by atoms with Gasteiger partial charge < -0.3 is 45.1 Å². The van der Waals surface area contributed by atoms with E-state index in [1.165, 1.54) is 13.0 Å². The number of ether oxygens (including phenoxy) is 3. The van der Waals surface area contributed by atoms with Crippen molar-refractivity contribution in [2.24, 2.45) is 11.8 Å². The molecule has 2 saturated heterocycles. The zero-order chi connectivity index (χ0) is 35.2. The quantitative estimate of drug-likeness (QED) is 0.107. The molecule has 0 aromatic rings. The van der Waals surface area contributed by atoms with Crippen LogP contribution in [0.25, 0.3) is 0 Å². The Morgan fingerprint density at radius 3 is 2.38 bits per heavy atom. The third-order valence-corrected chi connectivity index (χ3v) is 8.64. The number of aliphatic carboxylic acids is 1. The van der Waals surface area contributed by atoms with Gasteiger partial charge in [-0.05, 0) is 32.8 Å². The first-order valence-corrected chi connectivity index (χ1v) is 16.0. The predicted octanol–water partition coefficient (Wildman–Crippen LogP) is 3.28. The number of carboxylic acids is 1. The third kappa shape index (κ3) is 11.5. The van der Waals surface area contributed by atoms with Crippen molar-refractivity contribution in [1.29, 1.82) is 0 Å². The second-order valence-corrected chi connectivity index (χ2v) is 12.2. The molecule has 1 unspecified atom stereocenters. The number of methoxy groups -OCH3 is 1. The van der Waals surface area contributed by atoms with Crippen LogP contribution in [0.2, 0.25) is 0 Å². The summed E-state index contributed by atoms with van der Waals surface area (Å²) in [4.78, 5) is 23.7. The number of allylic oxidation sites excluding steroid dienone is 9. The maximum Gasteiger partial charge on any atom is 0.328 e. The van der Waals surface area contributed by atoms with E-state index >= 15 is 0 Å². The highest BCUT2D eigenvalue weighted by atomic mass is 16.6. The van der Waals surface area contributed by atoms with Crippen LogP contribution in [0.4, 0.5) is 0 Å². The van der Waals surface area contributed by atoms with E-state index in [0.29, 0.717) is 6.42 Å². The van der Waals surface area contributed by atoms with E-state index in [4.69, 9.17) is 19.3 Å². The molecule has 11 heteroatoms. The average molecular weight is 660 g/mol. The smallest absolute Gasteiger partial charge is 0.328 e. The van der Waals surface area contributed by atoms with Crippen LogP contribution in [0.15, 0.2) is 84.6 Å². The van der Waals surface area contributed by atoms with E-state index < -0.39 is 53.6 Å². The van der Waals surface area contributed by atoms with Gasteiger partial charge in [0.05, 0.1) is 30.3 Å². The number of carboxylic acid groups (broad SMARTS) is 1. The average Bonchev–Trinajstić information content (AvgIpc) is 3.38. The lowest BCUT2D eigenvalue weighted by Gasteiger charge is -2.49. The molecule has 6 N–H and O–H groups in total. The van der Waals surface area contributed by atoms with E-state index in [1.807, 2.05) is 26.8 Å². The molecule has 0 aromatic carbocycles. The molecule has 2 fully saturated rings. The Labute approximate surface area is 278 Å². The van der Waals surface area contributed by atoms with E-state index in [1.54, 1.807) is 74.8 Å². The number of rotatable bonds is 16. The lowest BCUT2D eigenvalue weighted by atomic mass is 9.79. The number of carbonyl (C=O) groups is 2. The Kier molecular flexibility index (Phi) is 16.2. The molecule has 0 saturated carbocycles.